The number of carbonyl (C=O) groups is 2. The summed E-state index contributed by atoms with van der Waals surface area (Å²) in [7, 11) is -2.74. The molecule has 35 heavy (non-hydrogen) atoms. The summed E-state index contributed by atoms with van der Waals surface area (Å²) >= 11 is 12.0. The molecule has 0 saturated carbocycles. The van der Waals surface area contributed by atoms with E-state index in [1.165, 1.54) is 18.2 Å². The number of sulfonamides is 1. The topological polar surface area (TPSA) is 108 Å². The molecule has 1 heterocycles. The molecule has 3 rings (SSSR count). The molecule has 0 N–H and O–H groups in total. The van der Waals surface area contributed by atoms with Crippen molar-refractivity contribution in [2.45, 2.75) is 24.7 Å². The third-order valence-corrected chi connectivity index (χ3v) is 7.50. The fraction of sp³-hybridized carbons (Fsp3) is 0.391. The van der Waals surface area contributed by atoms with Gasteiger partial charge in [0.1, 0.15) is 17.3 Å². The molecule has 0 spiro atoms. The van der Waals surface area contributed by atoms with Gasteiger partial charge in [0.25, 0.3) is 15.9 Å². The van der Waals surface area contributed by atoms with Crippen molar-refractivity contribution >= 4 is 45.1 Å². The van der Waals surface area contributed by atoms with Gasteiger partial charge in [-0.3, -0.25) is 4.79 Å². The molecule has 0 radical (unpaired) electrons. The Balaban J connectivity index is 1.81. The molecule has 2 aromatic carbocycles. The maximum atomic E-state index is 13.2. The summed E-state index contributed by atoms with van der Waals surface area (Å²) < 4.78 is 48.0. The molecular weight excluding hydrogens is 521 g/mol. The molecule has 0 unspecified atom stereocenters. The van der Waals surface area contributed by atoms with Crippen molar-refractivity contribution in [3.05, 3.63) is 57.1 Å². The number of benzene rings is 2. The first-order chi connectivity index (χ1) is 16.6. The van der Waals surface area contributed by atoms with Gasteiger partial charge in [-0.25, -0.2) is 13.2 Å². The summed E-state index contributed by atoms with van der Waals surface area (Å²) in [4.78, 5) is 25.4. The second-order valence-corrected chi connectivity index (χ2v) is 10.5. The number of fused-ring (bicyclic) bond motifs is 1. The Morgan fingerprint density at radius 2 is 1.71 bits per heavy atom. The summed E-state index contributed by atoms with van der Waals surface area (Å²) in [6, 6.07) is 7.35. The van der Waals surface area contributed by atoms with E-state index in [-0.39, 0.29) is 50.9 Å². The molecule has 2 aromatic rings. The van der Waals surface area contributed by atoms with Crippen molar-refractivity contribution in [1.82, 2.24) is 4.31 Å². The maximum absolute atomic E-state index is 13.2. The molecular formula is C23H25Cl2NO8S. The summed E-state index contributed by atoms with van der Waals surface area (Å²) in [5, 5.41) is 0.0768. The van der Waals surface area contributed by atoms with Crippen LogP contribution >= 0.6 is 23.2 Å². The molecule has 12 heteroatoms. The fourth-order valence-corrected chi connectivity index (χ4v) is 5.43. The van der Waals surface area contributed by atoms with Gasteiger partial charge in [0.05, 0.1) is 41.0 Å². The van der Waals surface area contributed by atoms with Crippen molar-refractivity contribution < 1.29 is 37.0 Å². The smallest absolute Gasteiger partial charge is 0.342 e. The Kier molecular flexibility index (Phi) is 9.00. The van der Waals surface area contributed by atoms with E-state index < -0.39 is 28.6 Å². The van der Waals surface area contributed by atoms with E-state index >= 15 is 0 Å². The van der Waals surface area contributed by atoms with Crippen LogP contribution in [0.2, 0.25) is 10.0 Å². The molecule has 1 aliphatic heterocycles. The molecule has 0 saturated heterocycles. The number of rotatable bonds is 11. The number of nitrogens with zero attached hydrogens (tertiary/aromatic N) is 1. The zero-order valence-electron chi connectivity index (χ0n) is 19.4. The Bertz CT molecular complexity index is 1200. The van der Waals surface area contributed by atoms with E-state index in [0.29, 0.717) is 23.1 Å². The highest BCUT2D eigenvalue weighted by Gasteiger charge is 2.44. The minimum absolute atomic E-state index is 0.0236. The van der Waals surface area contributed by atoms with E-state index in [1.807, 2.05) is 13.8 Å². The summed E-state index contributed by atoms with van der Waals surface area (Å²) in [6.45, 7) is 4.11. The van der Waals surface area contributed by atoms with Crippen LogP contribution in [0.15, 0.2) is 35.2 Å². The van der Waals surface area contributed by atoms with Crippen LogP contribution < -0.4 is 4.74 Å². The largest absolute Gasteiger partial charge is 0.491 e. The number of hydrogen-bond acceptors (Lipinski definition) is 8. The van der Waals surface area contributed by atoms with Gasteiger partial charge in [-0.1, -0.05) is 43.1 Å². The van der Waals surface area contributed by atoms with Crippen molar-refractivity contribution in [2.75, 3.05) is 40.3 Å². The van der Waals surface area contributed by atoms with Crippen LogP contribution in [0, 0.1) is 0 Å². The molecule has 1 aliphatic rings. The predicted molar refractivity (Wildman–Crippen MR) is 129 cm³/mol. The van der Waals surface area contributed by atoms with Crippen LogP contribution in [0.4, 0.5) is 0 Å². The Labute approximate surface area is 213 Å². The number of esters is 1. The van der Waals surface area contributed by atoms with Crippen LogP contribution in [-0.2, 0) is 24.2 Å². The summed E-state index contributed by atoms with van der Waals surface area (Å²) in [5.41, 5.74) is 0.397. The van der Waals surface area contributed by atoms with E-state index in [4.69, 9.17) is 42.1 Å². The normalized spacial score (nSPS) is 14.3. The molecule has 190 valence electrons. The van der Waals surface area contributed by atoms with Gasteiger partial charge >= 0.3 is 5.97 Å². The minimum Gasteiger partial charge on any atom is -0.491 e. The van der Waals surface area contributed by atoms with Gasteiger partial charge in [0, 0.05) is 13.2 Å². The van der Waals surface area contributed by atoms with Gasteiger partial charge in [-0.15, -0.1) is 0 Å². The highest BCUT2D eigenvalue weighted by atomic mass is 35.5. The third kappa shape index (κ3) is 5.90. The third-order valence-electron chi connectivity index (χ3n) is 5.14. The monoisotopic (exact) mass is 545 g/mol. The zero-order chi connectivity index (χ0) is 25.8. The highest BCUT2D eigenvalue weighted by Crippen LogP contribution is 2.38. The highest BCUT2D eigenvalue weighted by molar-refractivity contribution is 7.90. The average Bonchev–Trinajstić information content (AvgIpc) is 2.99. The number of methoxy groups -OCH3 is 1. The first kappa shape index (κ1) is 27.2. The van der Waals surface area contributed by atoms with E-state index in [9.17, 15) is 18.0 Å². The van der Waals surface area contributed by atoms with Crippen molar-refractivity contribution in [2.24, 2.45) is 0 Å². The van der Waals surface area contributed by atoms with E-state index in [2.05, 4.69) is 0 Å². The lowest BCUT2D eigenvalue weighted by atomic mass is 9.96. The Hall–Kier alpha value is -2.37. The van der Waals surface area contributed by atoms with Gasteiger partial charge in [0.2, 0.25) is 0 Å². The van der Waals surface area contributed by atoms with Crippen LogP contribution in [0.1, 0.15) is 46.0 Å². The van der Waals surface area contributed by atoms with Crippen LogP contribution in [0.3, 0.4) is 0 Å². The van der Waals surface area contributed by atoms with Gasteiger partial charge < -0.3 is 18.9 Å². The van der Waals surface area contributed by atoms with Crippen molar-refractivity contribution in [1.29, 1.82) is 0 Å². The first-order valence-electron chi connectivity index (χ1n) is 10.6. The maximum Gasteiger partial charge on any atom is 0.342 e. The van der Waals surface area contributed by atoms with Crippen LogP contribution in [0.25, 0.3) is 0 Å². The van der Waals surface area contributed by atoms with Crippen molar-refractivity contribution in [3.63, 3.8) is 0 Å². The Morgan fingerprint density at radius 1 is 1.06 bits per heavy atom. The number of ether oxygens (including phenoxy) is 4. The Morgan fingerprint density at radius 3 is 2.34 bits per heavy atom. The van der Waals surface area contributed by atoms with Crippen LogP contribution in [0.5, 0.6) is 5.75 Å². The van der Waals surface area contributed by atoms with E-state index in [0.717, 1.165) is 0 Å². The number of carbonyl (C=O) groups excluding carboxylic acids is 2. The first-order valence-corrected chi connectivity index (χ1v) is 12.8. The average molecular weight is 546 g/mol. The summed E-state index contributed by atoms with van der Waals surface area (Å²) in [5.74, 6) is -1.66. The molecule has 0 aliphatic carbocycles. The SMILES string of the molecule is COCCOCCOc1cc(C(C)C)c2c(c1)S(=O)(=O)N(COC(=O)c1c(Cl)cccc1Cl)C2=O. The predicted octanol–water partition coefficient (Wildman–Crippen LogP) is 4.12. The zero-order valence-corrected chi connectivity index (χ0v) is 21.7. The van der Waals surface area contributed by atoms with Crippen LogP contribution in [-0.4, -0.2) is 64.9 Å². The number of halogens is 2. The van der Waals surface area contributed by atoms with Gasteiger partial charge in [-0.2, -0.15) is 4.31 Å². The molecule has 1 amide bonds. The lowest BCUT2D eigenvalue weighted by Crippen LogP contribution is -2.33. The number of hydrogen-bond donors (Lipinski definition) is 0. The minimum atomic E-state index is -4.30. The summed E-state index contributed by atoms with van der Waals surface area (Å²) in [6.07, 6.45) is 0. The number of amides is 1. The molecule has 0 bridgehead atoms. The second-order valence-electron chi connectivity index (χ2n) is 7.81. The van der Waals surface area contributed by atoms with Crippen molar-refractivity contribution in [3.8, 4) is 5.75 Å². The lowest BCUT2D eigenvalue weighted by molar-refractivity contribution is 0.0358. The molecule has 0 fully saturated rings. The molecule has 0 aromatic heterocycles. The fourth-order valence-electron chi connectivity index (χ4n) is 3.41. The van der Waals surface area contributed by atoms with Gasteiger partial charge in [0.15, 0.2) is 6.73 Å². The molecule has 9 nitrogen and oxygen atoms in total. The molecule has 0 atom stereocenters. The second kappa shape index (κ2) is 11.6. The standard InChI is InChI=1S/C23H25Cl2NO8S/c1-14(2)16-11-15(33-10-9-32-8-7-31-3)12-19-20(16)22(27)26(35(19,29)30)13-34-23(28)21-17(24)5-4-6-18(21)25/h4-6,11-12,14H,7-10,13H2,1-3H3. The van der Waals surface area contributed by atoms with E-state index in [1.54, 1.807) is 19.2 Å². The quantitative estimate of drug-likeness (QED) is 0.306. The van der Waals surface area contributed by atoms with Gasteiger partial charge in [-0.05, 0) is 29.7 Å². The lowest BCUT2D eigenvalue weighted by Gasteiger charge is -2.16.